The molecule has 1 saturated heterocycles. The number of likely N-dealkylation sites (N-methyl/N-ethyl adjacent to an activating group) is 1. The molecule has 2 N–H and O–H groups in total. The van der Waals surface area contributed by atoms with Crippen molar-refractivity contribution >= 4 is 11.9 Å². The monoisotopic (exact) mass is 233 g/mol. The minimum atomic E-state index is -0.238. The number of imide groups is 1. The molecule has 0 aromatic heterocycles. The summed E-state index contributed by atoms with van der Waals surface area (Å²) in [4.78, 5) is 25.9. The van der Waals surface area contributed by atoms with Gasteiger partial charge in [0.15, 0.2) is 0 Å². The van der Waals surface area contributed by atoms with Gasteiger partial charge in [-0.1, -0.05) is 24.3 Å². The highest BCUT2D eigenvalue weighted by Gasteiger charge is 2.33. The van der Waals surface area contributed by atoms with E-state index in [4.69, 9.17) is 5.73 Å². The van der Waals surface area contributed by atoms with E-state index in [2.05, 4.69) is 0 Å². The number of amides is 3. The first kappa shape index (κ1) is 11.6. The molecule has 1 aliphatic rings. The third-order valence-electron chi connectivity index (χ3n) is 2.83. The molecule has 90 valence electrons. The Morgan fingerprint density at radius 2 is 1.76 bits per heavy atom. The maximum atomic E-state index is 11.7. The fourth-order valence-electron chi connectivity index (χ4n) is 1.79. The minimum absolute atomic E-state index is 0.152. The zero-order chi connectivity index (χ0) is 12.4. The molecule has 1 heterocycles. The van der Waals surface area contributed by atoms with Crippen LogP contribution in [0.15, 0.2) is 24.3 Å². The van der Waals surface area contributed by atoms with Gasteiger partial charge in [0.1, 0.15) is 6.54 Å². The van der Waals surface area contributed by atoms with Gasteiger partial charge in [0, 0.05) is 13.6 Å². The van der Waals surface area contributed by atoms with E-state index < -0.39 is 0 Å². The summed E-state index contributed by atoms with van der Waals surface area (Å²) in [5, 5.41) is 0. The Bertz CT molecular complexity index is 442. The Hall–Kier alpha value is -1.88. The van der Waals surface area contributed by atoms with E-state index in [9.17, 15) is 9.59 Å². The summed E-state index contributed by atoms with van der Waals surface area (Å²) in [5.41, 5.74) is 7.46. The van der Waals surface area contributed by atoms with E-state index in [0.717, 1.165) is 11.1 Å². The van der Waals surface area contributed by atoms with Crippen LogP contribution >= 0.6 is 0 Å². The van der Waals surface area contributed by atoms with Gasteiger partial charge < -0.3 is 10.6 Å². The molecule has 1 aromatic carbocycles. The van der Waals surface area contributed by atoms with Crippen LogP contribution in [0.5, 0.6) is 0 Å². The van der Waals surface area contributed by atoms with Crippen molar-refractivity contribution < 1.29 is 9.59 Å². The first-order valence-electron chi connectivity index (χ1n) is 5.45. The Morgan fingerprint density at radius 1 is 1.18 bits per heavy atom. The first-order chi connectivity index (χ1) is 8.11. The van der Waals surface area contributed by atoms with Crippen molar-refractivity contribution in [3.05, 3.63) is 35.4 Å². The minimum Gasteiger partial charge on any atom is -0.326 e. The first-order valence-corrected chi connectivity index (χ1v) is 5.45. The smallest absolute Gasteiger partial charge is 0.326 e. The SMILES string of the molecule is CN1CC(=O)N(Cc2ccc(CN)cc2)C1=O. The third-order valence-corrected chi connectivity index (χ3v) is 2.83. The number of rotatable bonds is 3. The van der Waals surface area contributed by atoms with Gasteiger partial charge in [-0.2, -0.15) is 0 Å². The topological polar surface area (TPSA) is 66.6 Å². The lowest BCUT2D eigenvalue weighted by Gasteiger charge is -2.14. The number of hydrogen-bond donors (Lipinski definition) is 1. The van der Waals surface area contributed by atoms with Crippen molar-refractivity contribution in [2.45, 2.75) is 13.1 Å². The molecule has 3 amide bonds. The van der Waals surface area contributed by atoms with Crippen LogP contribution in [0, 0.1) is 0 Å². The number of carbonyl (C=O) groups excluding carboxylic acids is 2. The molecule has 0 bridgehead atoms. The highest BCUT2D eigenvalue weighted by atomic mass is 16.2. The molecule has 2 rings (SSSR count). The molecule has 0 unspecified atom stereocenters. The van der Waals surface area contributed by atoms with Crippen molar-refractivity contribution in [1.82, 2.24) is 9.80 Å². The van der Waals surface area contributed by atoms with Crippen LogP contribution in [0.1, 0.15) is 11.1 Å². The van der Waals surface area contributed by atoms with E-state index in [1.807, 2.05) is 24.3 Å². The molecule has 0 spiro atoms. The van der Waals surface area contributed by atoms with Crippen LogP contribution in [0.2, 0.25) is 0 Å². The molecule has 0 atom stereocenters. The van der Waals surface area contributed by atoms with Crippen molar-refractivity contribution in [3.63, 3.8) is 0 Å². The maximum Gasteiger partial charge on any atom is 0.327 e. The van der Waals surface area contributed by atoms with Crippen LogP contribution in [0.25, 0.3) is 0 Å². The van der Waals surface area contributed by atoms with Gasteiger partial charge in [-0.3, -0.25) is 9.69 Å². The van der Waals surface area contributed by atoms with Gasteiger partial charge in [-0.05, 0) is 11.1 Å². The van der Waals surface area contributed by atoms with E-state index in [1.54, 1.807) is 7.05 Å². The lowest BCUT2D eigenvalue weighted by molar-refractivity contribution is -0.125. The van der Waals surface area contributed by atoms with Crippen LogP contribution in [0.3, 0.4) is 0 Å². The van der Waals surface area contributed by atoms with Gasteiger partial charge in [0.05, 0.1) is 6.54 Å². The van der Waals surface area contributed by atoms with Gasteiger partial charge in [0.2, 0.25) is 0 Å². The quantitative estimate of drug-likeness (QED) is 0.775. The Kier molecular flexibility index (Phi) is 3.10. The zero-order valence-corrected chi connectivity index (χ0v) is 9.72. The molecule has 1 aromatic rings. The molecule has 1 fully saturated rings. The number of nitrogens with zero attached hydrogens (tertiary/aromatic N) is 2. The van der Waals surface area contributed by atoms with Crippen molar-refractivity contribution in [3.8, 4) is 0 Å². The van der Waals surface area contributed by atoms with Crippen LogP contribution < -0.4 is 5.73 Å². The van der Waals surface area contributed by atoms with Crippen LogP contribution in [-0.4, -0.2) is 35.3 Å². The van der Waals surface area contributed by atoms with E-state index in [1.165, 1.54) is 9.80 Å². The summed E-state index contributed by atoms with van der Waals surface area (Å²) >= 11 is 0. The summed E-state index contributed by atoms with van der Waals surface area (Å²) in [7, 11) is 1.62. The van der Waals surface area contributed by atoms with Crippen molar-refractivity contribution in [1.29, 1.82) is 0 Å². The second-order valence-electron chi connectivity index (χ2n) is 4.14. The van der Waals surface area contributed by atoms with Gasteiger partial charge in [-0.25, -0.2) is 4.79 Å². The highest BCUT2D eigenvalue weighted by molar-refractivity contribution is 6.01. The van der Waals surface area contributed by atoms with E-state index >= 15 is 0 Å². The molecule has 0 aliphatic carbocycles. The second-order valence-corrected chi connectivity index (χ2v) is 4.14. The van der Waals surface area contributed by atoms with E-state index in [0.29, 0.717) is 13.1 Å². The summed E-state index contributed by atoms with van der Waals surface area (Å²) in [5.74, 6) is -0.152. The van der Waals surface area contributed by atoms with Gasteiger partial charge in [0.25, 0.3) is 5.91 Å². The molecule has 5 nitrogen and oxygen atoms in total. The summed E-state index contributed by atoms with van der Waals surface area (Å²) in [6.07, 6.45) is 0. The average Bonchev–Trinajstić information content (AvgIpc) is 2.57. The molecule has 0 radical (unpaired) electrons. The molecule has 1 aliphatic heterocycles. The molecular weight excluding hydrogens is 218 g/mol. The lowest BCUT2D eigenvalue weighted by Crippen LogP contribution is -2.31. The third kappa shape index (κ3) is 2.29. The second kappa shape index (κ2) is 4.55. The Balaban J connectivity index is 2.10. The predicted molar refractivity (Wildman–Crippen MR) is 62.9 cm³/mol. The molecular formula is C12H15N3O2. The van der Waals surface area contributed by atoms with Crippen LogP contribution in [-0.2, 0) is 17.9 Å². The highest BCUT2D eigenvalue weighted by Crippen LogP contribution is 2.13. The Labute approximate surface area is 99.8 Å². The predicted octanol–water partition coefficient (Wildman–Crippen LogP) is 0.539. The maximum absolute atomic E-state index is 11.7. The van der Waals surface area contributed by atoms with Gasteiger partial charge in [-0.15, -0.1) is 0 Å². The van der Waals surface area contributed by atoms with Crippen LogP contribution in [0.4, 0.5) is 4.79 Å². The number of urea groups is 1. The van der Waals surface area contributed by atoms with Gasteiger partial charge >= 0.3 is 6.03 Å². The number of nitrogens with two attached hydrogens (primary N) is 1. The number of carbonyl (C=O) groups is 2. The summed E-state index contributed by atoms with van der Waals surface area (Å²) in [6.45, 7) is 0.983. The Morgan fingerprint density at radius 3 is 2.24 bits per heavy atom. The summed E-state index contributed by atoms with van der Waals surface area (Å²) < 4.78 is 0. The molecule has 5 heteroatoms. The van der Waals surface area contributed by atoms with Crippen molar-refractivity contribution in [2.24, 2.45) is 5.73 Å². The fourth-order valence-corrected chi connectivity index (χ4v) is 1.79. The summed E-state index contributed by atoms with van der Waals surface area (Å²) in [6, 6.07) is 7.36. The number of benzene rings is 1. The zero-order valence-electron chi connectivity index (χ0n) is 9.72. The molecule has 0 saturated carbocycles. The lowest BCUT2D eigenvalue weighted by atomic mass is 10.1. The number of hydrogen-bond acceptors (Lipinski definition) is 3. The molecule has 17 heavy (non-hydrogen) atoms. The standard InChI is InChI=1S/C12H15N3O2/c1-14-8-11(16)15(12(14)17)7-10-4-2-9(6-13)3-5-10/h2-5H,6-8,13H2,1H3. The normalized spacial score (nSPS) is 15.9. The van der Waals surface area contributed by atoms with Crippen molar-refractivity contribution in [2.75, 3.05) is 13.6 Å². The largest absolute Gasteiger partial charge is 0.327 e. The van der Waals surface area contributed by atoms with E-state index in [-0.39, 0.29) is 18.5 Å². The fraction of sp³-hybridized carbons (Fsp3) is 0.333. The average molecular weight is 233 g/mol.